The lowest BCUT2D eigenvalue weighted by Crippen LogP contribution is -2.06. The first kappa shape index (κ1) is 11.2. The SMILES string of the molecule is CC(=O)Nc1ccc2c(O)c(C)c(=O)oc2c1. The first-order chi connectivity index (χ1) is 7.99. The maximum absolute atomic E-state index is 11.4. The van der Waals surface area contributed by atoms with Crippen LogP contribution in [0.4, 0.5) is 5.69 Å². The number of fused-ring (bicyclic) bond motifs is 1. The highest BCUT2D eigenvalue weighted by Gasteiger charge is 2.10. The van der Waals surface area contributed by atoms with Crippen LogP contribution in [0.2, 0.25) is 0 Å². The van der Waals surface area contributed by atoms with Gasteiger partial charge in [0.1, 0.15) is 11.3 Å². The van der Waals surface area contributed by atoms with E-state index in [-0.39, 0.29) is 22.8 Å². The summed E-state index contributed by atoms with van der Waals surface area (Å²) in [5.74, 6) is -0.311. The summed E-state index contributed by atoms with van der Waals surface area (Å²) in [5, 5.41) is 12.8. The number of aromatic hydroxyl groups is 1. The normalized spacial score (nSPS) is 10.5. The number of amides is 1. The van der Waals surface area contributed by atoms with Gasteiger partial charge in [0.2, 0.25) is 5.91 Å². The second kappa shape index (κ2) is 3.93. The third-order valence-electron chi connectivity index (χ3n) is 2.42. The summed E-state index contributed by atoms with van der Waals surface area (Å²) in [6.07, 6.45) is 0. The summed E-state index contributed by atoms with van der Waals surface area (Å²) in [6.45, 7) is 2.87. The molecule has 17 heavy (non-hydrogen) atoms. The fourth-order valence-electron chi connectivity index (χ4n) is 1.56. The van der Waals surface area contributed by atoms with Gasteiger partial charge in [-0.1, -0.05) is 0 Å². The molecular weight excluding hydrogens is 222 g/mol. The third kappa shape index (κ3) is 1.99. The van der Waals surface area contributed by atoms with Crippen LogP contribution in [-0.2, 0) is 4.79 Å². The molecule has 0 spiro atoms. The molecule has 2 N–H and O–H groups in total. The topological polar surface area (TPSA) is 79.5 Å². The van der Waals surface area contributed by atoms with E-state index in [1.54, 1.807) is 12.1 Å². The predicted molar refractivity (Wildman–Crippen MR) is 63.2 cm³/mol. The number of hydrogen-bond donors (Lipinski definition) is 2. The molecule has 0 unspecified atom stereocenters. The molecule has 0 saturated heterocycles. The Labute approximate surface area is 96.7 Å². The molecule has 1 amide bonds. The summed E-state index contributed by atoms with van der Waals surface area (Å²) in [4.78, 5) is 22.3. The average molecular weight is 233 g/mol. The van der Waals surface area contributed by atoms with E-state index >= 15 is 0 Å². The number of carbonyl (C=O) groups excluding carboxylic acids is 1. The molecule has 88 valence electrons. The molecule has 1 aromatic carbocycles. The van der Waals surface area contributed by atoms with Gasteiger partial charge in [0.05, 0.1) is 10.9 Å². The summed E-state index contributed by atoms with van der Waals surface area (Å²) >= 11 is 0. The molecule has 0 aliphatic carbocycles. The Bertz CT molecular complexity index is 657. The van der Waals surface area contributed by atoms with Crippen LogP contribution in [0.25, 0.3) is 11.0 Å². The molecule has 0 saturated carbocycles. The van der Waals surface area contributed by atoms with Crippen LogP contribution in [0, 0.1) is 6.92 Å². The van der Waals surface area contributed by atoms with Gasteiger partial charge in [-0.15, -0.1) is 0 Å². The zero-order valence-electron chi connectivity index (χ0n) is 9.40. The second-order valence-electron chi connectivity index (χ2n) is 3.76. The van der Waals surface area contributed by atoms with Gasteiger partial charge in [-0.2, -0.15) is 0 Å². The fraction of sp³-hybridized carbons (Fsp3) is 0.167. The summed E-state index contributed by atoms with van der Waals surface area (Å²) in [5.41, 5.74) is 0.334. The van der Waals surface area contributed by atoms with Crippen LogP contribution in [0.3, 0.4) is 0 Å². The van der Waals surface area contributed by atoms with Gasteiger partial charge in [0, 0.05) is 18.7 Å². The Morgan fingerprint density at radius 3 is 2.76 bits per heavy atom. The molecule has 5 heteroatoms. The molecule has 0 radical (unpaired) electrons. The van der Waals surface area contributed by atoms with Crippen molar-refractivity contribution in [2.75, 3.05) is 5.32 Å². The van der Waals surface area contributed by atoms with Crippen LogP contribution < -0.4 is 10.9 Å². The van der Waals surface area contributed by atoms with Crippen molar-refractivity contribution in [2.24, 2.45) is 0 Å². The van der Waals surface area contributed by atoms with Crippen molar-refractivity contribution in [3.8, 4) is 5.75 Å². The van der Waals surface area contributed by atoms with Gasteiger partial charge < -0.3 is 14.8 Å². The van der Waals surface area contributed by atoms with E-state index in [1.165, 1.54) is 19.9 Å². The molecule has 2 aromatic rings. The van der Waals surface area contributed by atoms with Crippen LogP contribution in [0.5, 0.6) is 5.75 Å². The van der Waals surface area contributed by atoms with Crippen molar-refractivity contribution in [3.05, 3.63) is 34.2 Å². The van der Waals surface area contributed by atoms with Gasteiger partial charge in [-0.05, 0) is 19.1 Å². The molecule has 0 fully saturated rings. The second-order valence-corrected chi connectivity index (χ2v) is 3.76. The molecule has 0 aliphatic rings. The average Bonchev–Trinajstić information content (AvgIpc) is 2.25. The largest absolute Gasteiger partial charge is 0.507 e. The van der Waals surface area contributed by atoms with E-state index in [2.05, 4.69) is 5.32 Å². The molecule has 5 nitrogen and oxygen atoms in total. The lowest BCUT2D eigenvalue weighted by molar-refractivity contribution is -0.114. The van der Waals surface area contributed by atoms with Gasteiger partial charge in [-0.3, -0.25) is 4.79 Å². The zero-order chi connectivity index (χ0) is 12.6. The van der Waals surface area contributed by atoms with Crippen molar-refractivity contribution in [3.63, 3.8) is 0 Å². The van der Waals surface area contributed by atoms with Gasteiger partial charge in [-0.25, -0.2) is 4.79 Å². The van der Waals surface area contributed by atoms with E-state index in [4.69, 9.17) is 4.42 Å². The highest BCUT2D eigenvalue weighted by Crippen LogP contribution is 2.27. The predicted octanol–water partition coefficient (Wildman–Crippen LogP) is 1.77. The highest BCUT2D eigenvalue weighted by molar-refractivity contribution is 5.93. The summed E-state index contributed by atoms with van der Waals surface area (Å²) < 4.78 is 5.03. The van der Waals surface area contributed by atoms with Crippen molar-refractivity contribution in [2.45, 2.75) is 13.8 Å². The molecule has 1 aromatic heterocycles. The monoisotopic (exact) mass is 233 g/mol. The number of benzene rings is 1. The van der Waals surface area contributed by atoms with Crippen LogP contribution in [-0.4, -0.2) is 11.0 Å². The van der Waals surface area contributed by atoms with Crippen LogP contribution in [0.15, 0.2) is 27.4 Å². The first-order valence-electron chi connectivity index (χ1n) is 5.03. The number of carbonyl (C=O) groups is 1. The summed E-state index contributed by atoms with van der Waals surface area (Å²) in [6, 6.07) is 4.71. The minimum absolute atomic E-state index is 0.0920. The minimum Gasteiger partial charge on any atom is -0.507 e. The van der Waals surface area contributed by atoms with E-state index < -0.39 is 5.63 Å². The Morgan fingerprint density at radius 2 is 2.12 bits per heavy atom. The Kier molecular flexibility index (Phi) is 2.59. The van der Waals surface area contributed by atoms with Crippen LogP contribution in [0.1, 0.15) is 12.5 Å². The van der Waals surface area contributed by atoms with E-state index in [1.807, 2.05) is 0 Å². The number of rotatable bonds is 1. The van der Waals surface area contributed by atoms with Gasteiger partial charge in [0.15, 0.2) is 0 Å². The number of hydrogen-bond acceptors (Lipinski definition) is 4. The van der Waals surface area contributed by atoms with Crippen LogP contribution >= 0.6 is 0 Å². The molecule has 2 rings (SSSR count). The van der Waals surface area contributed by atoms with Crippen molar-refractivity contribution in [1.82, 2.24) is 0 Å². The fourth-order valence-corrected chi connectivity index (χ4v) is 1.56. The molecular formula is C12H11NO4. The van der Waals surface area contributed by atoms with E-state index in [0.29, 0.717) is 11.1 Å². The molecule has 0 bridgehead atoms. The minimum atomic E-state index is -0.588. The lowest BCUT2D eigenvalue weighted by atomic mass is 10.1. The lowest BCUT2D eigenvalue weighted by Gasteiger charge is -2.05. The van der Waals surface area contributed by atoms with E-state index in [9.17, 15) is 14.7 Å². The third-order valence-corrected chi connectivity index (χ3v) is 2.42. The summed E-state index contributed by atoms with van der Waals surface area (Å²) in [7, 11) is 0. The van der Waals surface area contributed by atoms with Crippen molar-refractivity contribution in [1.29, 1.82) is 0 Å². The maximum atomic E-state index is 11.4. The van der Waals surface area contributed by atoms with Crippen molar-refractivity contribution >= 4 is 22.6 Å². The zero-order valence-corrected chi connectivity index (χ0v) is 9.40. The molecule has 1 heterocycles. The van der Waals surface area contributed by atoms with E-state index in [0.717, 1.165) is 0 Å². The standard InChI is InChI=1S/C12H11NO4/c1-6-11(15)9-4-3-8(13-7(2)14)5-10(9)17-12(6)16/h3-5,15H,1-2H3,(H,13,14). The highest BCUT2D eigenvalue weighted by atomic mass is 16.4. The Morgan fingerprint density at radius 1 is 1.41 bits per heavy atom. The smallest absolute Gasteiger partial charge is 0.342 e. The quantitative estimate of drug-likeness (QED) is 0.735. The van der Waals surface area contributed by atoms with Gasteiger partial charge in [0.25, 0.3) is 0 Å². The Hall–Kier alpha value is -2.30. The first-order valence-corrected chi connectivity index (χ1v) is 5.03. The van der Waals surface area contributed by atoms with Crippen molar-refractivity contribution < 1.29 is 14.3 Å². The maximum Gasteiger partial charge on any atom is 0.342 e. The Balaban J connectivity index is 2.67. The number of anilines is 1. The van der Waals surface area contributed by atoms with Gasteiger partial charge >= 0.3 is 5.63 Å². The molecule has 0 aliphatic heterocycles. The number of nitrogens with one attached hydrogen (secondary N) is 1. The molecule has 0 atom stereocenters.